The number of nitrogens with one attached hydrogen (secondary N) is 1. The number of likely N-dealkylation sites (N-methyl/N-ethyl adjacent to an activating group) is 1. The standard InChI is InChI=1S/C18H22N2O4S/c1-4-24-16-12-8-11-15(13-16)19-18(21)17(20(2)25(3,22)23)14-9-6-5-7-10-14/h5-13,17H,4H2,1-3H3,(H,19,21)/t17-/m1/s1. The number of rotatable bonds is 7. The van der Waals surface area contributed by atoms with Crippen molar-refractivity contribution >= 4 is 21.6 Å². The van der Waals surface area contributed by atoms with E-state index < -0.39 is 22.0 Å². The molecule has 134 valence electrons. The monoisotopic (exact) mass is 362 g/mol. The first-order valence-corrected chi connectivity index (χ1v) is 9.69. The van der Waals surface area contributed by atoms with Gasteiger partial charge in [-0.2, -0.15) is 4.31 Å². The first-order valence-electron chi connectivity index (χ1n) is 7.84. The summed E-state index contributed by atoms with van der Waals surface area (Å²) in [6, 6.07) is 14.8. The number of hydrogen-bond donors (Lipinski definition) is 1. The van der Waals surface area contributed by atoms with Crippen LogP contribution < -0.4 is 10.1 Å². The molecule has 25 heavy (non-hydrogen) atoms. The van der Waals surface area contributed by atoms with Gasteiger partial charge in [-0.05, 0) is 24.6 Å². The van der Waals surface area contributed by atoms with Crippen molar-refractivity contribution in [2.75, 3.05) is 25.2 Å². The van der Waals surface area contributed by atoms with Crippen LogP contribution in [-0.2, 0) is 14.8 Å². The Hall–Kier alpha value is -2.38. The molecule has 0 unspecified atom stereocenters. The Morgan fingerprint density at radius 3 is 2.44 bits per heavy atom. The molecule has 0 saturated heterocycles. The Labute approximate surface area is 148 Å². The summed E-state index contributed by atoms with van der Waals surface area (Å²) in [6.45, 7) is 2.39. The van der Waals surface area contributed by atoms with Gasteiger partial charge in [0.25, 0.3) is 0 Å². The molecule has 0 radical (unpaired) electrons. The summed E-state index contributed by atoms with van der Waals surface area (Å²) in [7, 11) is -2.16. The number of amides is 1. The molecule has 0 bridgehead atoms. The van der Waals surface area contributed by atoms with Gasteiger partial charge in [0.2, 0.25) is 15.9 Å². The van der Waals surface area contributed by atoms with Crippen molar-refractivity contribution in [3.8, 4) is 5.75 Å². The molecular weight excluding hydrogens is 340 g/mol. The average molecular weight is 362 g/mol. The summed E-state index contributed by atoms with van der Waals surface area (Å²) < 4.78 is 30.4. The van der Waals surface area contributed by atoms with E-state index in [-0.39, 0.29) is 0 Å². The molecule has 2 aromatic carbocycles. The molecule has 1 N–H and O–H groups in total. The lowest BCUT2D eigenvalue weighted by atomic mass is 10.1. The SMILES string of the molecule is CCOc1cccc(NC(=O)[C@@H](c2ccccc2)N(C)S(C)(=O)=O)c1. The second-order valence-corrected chi connectivity index (χ2v) is 7.58. The maximum Gasteiger partial charge on any atom is 0.247 e. The third-order valence-electron chi connectivity index (χ3n) is 3.66. The van der Waals surface area contributed by atoms with Crippen LogP contribution >= 0.6 is 0 Å². The summed E-state index contributed by atoms with van der Waals surface area (Å²) in [4.78, 5) is 12.8. The van der Waals surface area contributed by atoms with Crippen LogP contribution in [0.3, 0.4) is 0 Å². The van der Waals surface area contributed by atoms with Crippen LogP contribution in [0.25, 0.3) is 0 Å². The number of nitrogens with zero attached hydrogens (tertiary/aromatic N) is 1. The summed E-state index contributed by atoms with van der Waals surface area (Å²) >= 11 is 0. The fraction of sp³-hybridized carbons (Fsp3) is 0.278. The number of carbonyl (C=O) groups excluding carboxylic acids is 1. The Morgan fingerprint density at radius 2 is 1.84 bits per heavy atom. The maximum absolute atomic E-state index is 12.8. The van der Waals surface area contributed by atoms with E-state index in [0.717, 1.165) is 10.6 Å². The van der Waals surface area contributed by atoms with Gasteiger partial charge in [0.05, 0.1) is 12.9 Å². The lowest BCUT2D eigenvalue weighted by molar-refractivity contribution is -0.119. The lowest BCUT2D eigenvalue weighted by Crippen LogP contribution is -2.38. The number of hydrogen-bond acceptors (Lipinski definition) is 4. The molecule has 2 rings (SSSR count). The van der Waals surface area contributed by atoms with Crippen LogP contribution in [0.2, 0.25) is 0 Å². The van der Waals surface area contributed by atoms with Gasteiger partial charge in [-0.15, -0.1) is 0 Å². The molecule has 2 aromatic rings. The van der Waals surface area contributed by atoms with E-state index >= 15 is 0 Å². The molecule has 0 spiro atoms. The molecule has 0 fully saturated rings. The van der Waals surface area contributed by atoms with E-state index in [1.165, 1.54) is 7.05 Å². The Morgan fingerprint density at radius 1 is 1.16 bits per heavy atom. The number of carbonyl (C=O) groups is 1. The zero-order valence-corrected chi connectivity index (χ0v) is 15.3. The molecule has 1 atom stereocenters. The highest BCUT2D eigenvalue weighted by Gasteiger charge is 2.30. The van der Waals surface area contributed by atoms with Crippen LogP contribution in [0, 0.1) is 0 Å². The quantitative estimate of drug-likeness (QED) is 0.822. The van der Waals surface area contributed by atoms with Crippen molar-refractivity contribution in [2.45, 2.75) is 13.0 Å². The topological polar surface area (TPSA) is 75.7 Å². The summed E-state index contributed by atoms with van der Waals surface area (Å²) in [6.07, 6.45) is 1.08. The van der Waals surface area contributed by atoms with Crippen LogP contribution in [0.5, 0.6) is 5.75 Å². The highest BCUT2D eigenvalue weighted by molar-refractivity contribution is 7.88. The molecule has 0 aliphatic heterocycles. The van der Waals surface area contributed by atoms with E-state index in [0.29, 0.717) is 23.6 Å². The smallest absolute Gasteiger partial charge is 0.247 e. The van der Waals surface area contributed by atoms with Crippen LogP contribution in [0.4, 0.5) is 5.69 Å². The predicted molar refractivity (Wildman–Crippen MR) is 98.0 cm³/mol. The van der Waals surface area contributed by atoms with E-state index in [4.69, 9.17) is 4.74 Å². The third-order valence-corrected chi connectivity index (χ3v) is 4.92. The van der Waals surface area contributed by atoms with Crippen molar-refractivity contribution in [3.05, 3.63) is 60.2 Å². The van der Waals surface area contributed by atoms with Gasteiger partial charge in [0.15, 0.2) is 0 Å². The molecule has 0 aliphatic rings. The second-order valence-electron chi connectivity index (χ2n) is 5.54. The van der Waals surface area contributed by atoms with Gasteiger partial charge in [-0.1, -0.05) is 36.4 Å². The molecule has 1 amide bonds. The number of benzene rings is 2. The largest absolute Gasteiger partial charge is 0.494 e. The summed E-state index contributed by atoms with van der Waals surface area (Å²) in [5, 5.41) is 2.77. The molecule has 0 heterocycles. The van der Waals surface area contributed by atoms with Crippen LogP contribution in [-0.4, -0.2) is 38.5 Å². The Balaban J connectivity index is 2.31. The van der Waals surface area contributed by atoms with Gasteiger partial charge in [0.1, 0.15) is 11.8 Å². The number of sulfonamides is 1. The van der Waals surface area contributed by atoms with Crippen LogP contribution in [0.1, 0.15) is 18.5 Å². The fourth-order valence-corrected chi connectivity index (χ4v) is 2.99. The number of anilines is 1. The fourth-order valence-electron chi connectivity index (χ4n) is 2.39. The van der Waals surface area contributed by atoms with Crippen molar-refractivity contribution < 1.29 is 17.9 Å². The average Bonchev–Trinajstić information content (AvgIpc) is 2.56. The molecule has 0 saturated carbocycles. The van der Waals surface area contributed by atoms with Crippen molar-refractivity contribution in [1.29, 1.82) is 0 Å². The molecule has 6 nitrogen and oxygen atoms in total. The zero-order chi connectivity index (χ0) is 18.4. The van der Waals surface area contributed by atoms with Crippen molar-refractivity contribution in [2.24, 2.45) is 0 Å². The van der Waals surface area contributed by atoms with Crippen LogP contribution in [0.15, 0.2) is 54.6 Å². The van der Waals surface area contributed by atoms with E-state index in [1.807, 2.05) is 13.0 Å². The van der Waals surface area contributed by atoms with Gasteiger partial charge < -0.3 is 10.1 Å². The summed E-state index contributed by atoms with van der Waals surface area (Å²) in [5.41, 5.74) is 1.13. The van der Waals surface area contributed by atoms with Gasteiger partial charge in [-0.3, -0.25) is 4.79 Å². The minimum atomic E-state index is -3.56. The number of ether oxygens (including phenoxy) is 1. The van der Waals surface area contributed by atoms with Crippen molar-refractivity contribution in [3.63, 3.8) is 0 Å². The molecule has 0 aliphatic carbocycles. The molecule has 7 heteroatoms. The minimum absolute atomic E-state index is 0.437. The zero-order valence-electron chi connectivity index (χ0n) is 14.5. The molecular formula is C18H22N2O4S. The van der Waals surface area contributed by atoms with Crippen molar-refractivity contribution in [1.82, 2.24) is 4.31 Å². The maximum atomic E-state index is 12.8. The second kappa shape index (κ2) is 8.13. The Bertz CT molecular complexity index is 822. The highest BCUT2D eigenvalue weighted by atomic mass is 32.2. The summed E-state index contributed by atoms with van der Waals surface area (Å²) in [5.74, 6) is 0.195. The van der Waals surface area contributed by atoms with Gasteiger partial charge >= 0.3 is 0 Å². The first kappa shape index (κ1) is 19.0. The van der Waals surface area contributed by atoms with E-state index in [9.17, 15) is 13.2 Å². The van der Waals surface area contributed by atoms with E-state index in [1.54, 1.807) is 48.5 Å². The minimum Gasteiger partial charge on any atom is -0.494 e. The lowest BCUT2D eigenvalue weighted by Gasteiger charge is -2.25. The van der Waals surface area contributed by atoms with E-state index in [2.05, 4.69) is 5.32 Å². The molecule has 0 aromatic heterocycles. The van der Waals surface area contributed by atoms with Gasteiger partial charge in [0, 0.05) is 18.8 Å². The first-order chi connectivity index (χ1) is 11.8. The Kier molecular flexibility index (Phi) is 6.17. The van der Waals surface area contributed by atoms with Gasteiger partial charge in [-0.25, -0.2) is 8.42 Å². The third kappa shape index (κ3) is 5.04. The predicted octanol–water partition coefficient (Wildman–Crippen LogP) is 2.66. The normalized spacial score (nSPS) is 12.6. The highest BCUT2D eigenvalue weighted by Crippen LogP contribution is 2.25.